The van der Waals surface area contributed by atoms with Gasteiger partial charge in [0.05, 0.1) is 10.7 Å². The van der Waals surface area contributed by atoms with Gasteiger partial charge in [-0.1, -0.05) is 48.9 Å². The molecule has 2 aromatic rings. The lowest BCUT2D eigenvalue weighted by Crippen LogP contribution is -2.37. The van der Waals surface area contributed by atoms with Crippen LogP contribution in [0.3, 0.4) is 0 Å². The molecule has 5 heteroatoms. The molecule has 0 saturated heterocycles. The van der Waals surface area contributed by atoms with Crippen LogP contribution in [0.15, 0.2) is 48.5 Å². The zero-order chi connectivity index (χ0) is 16.8. The van der Waals surface area contributed by atoms with Crippen LogP contribution in [-0.4, -0.2) is 18.4 Å². The van der Waals surface area contributed by atoms with E-state index >= 15 is 0 Å². The predicted octanol–water partition coefficient (Wildman–Crippen LogP) is 3.89. The minimum absolute atomic E-state index is 0.0862. The van der Waals surface area contributed by atoms with E-state index < -0.39 is 0 Å². The number of para-hydroxylation sites is 2. The third-order valence-electron chi connectivity index (χ3n) is 3.50. The van der Waals surface area contributed by atoms with Gasteiger partial charge in [-0.25, -0.2) is 0 Å². The fraction of sp³-hybridized carbons (Fsp3) is 0.222. The zero-order valence-corrected chi connectivity index (χ0v) is 13.9. The SMILES string of the molecule is CCc1ccccc1NC(=O)CN(C(C)=O)c1ccccc1Cl. The average Bonchev–Trinajstić information content (AvgIpc) is 2.53. The summed E-state index contributed by atoms with van der Waals surface area (Å²) >= 11 is 6.13. The minimum Gasteiger partial charge on any atom is -0.324 e. The second-order valence-corrected chi connectivity index (χ2v) is 5.52. The highest BCUT2D eigenvalue weighted by molar-refractivity contribution is 6.33. The molecule has 0 fully saturated rings. The summed E-state index contributed by atoms with van der Waals surface area (Å²) in [4.78, 5) is 25.6. The molecule has 4 nitrogen and oxygen atoms in total. The Morgan fingerprint density at radius 2 is 1.74 bits per heavy atom. The molecule has 0 unspecified atom stereocenters. The van der Waals surface area contributed by atoms with E-state index in [1.807, 2.05) is 31.2 Å². The van der Waals surface area contributed by atoms with Gasteiger partial charge in [0.15, 0.2) is 0 Å². The number of aryl methyl sites for hydroxylation is 1. The smallest absolute Gasteiger partial charge is 0.244 e. The molecule has 2 aromatic carbocycles. The summed E-state index contributed by atoms with van der Waals surface area (Å²) in [6, 6.07) is 14.6. The number of rotatable bonds is 5. The number of hydrogen-bond donors (Lipinski definition) is 1. The molecular formula is C18H19ClN2O2. The van der Waals surface area contributed by atoms with Crippen molar-refractivity contribution in [1.82, 2.24) is 0 Å². The van der Waals surface area contributed by atoms with E-state index in [-0.39, 0.29) is 18.4 Å². The number of nitrogens with zero attached hydrogens (tertiary/aromatic N) is 1. The fourth-order valence-electron chi connectivity index (χ4n) is 2.32. The Bertz CT molecular complexity index is 716. The molecular weight excluding hydrogens is 312 g/mol. The normalized spacial score (nSPS) is 10.2. The van der Waals surface area contributed by atoms with Crippen LogP contribution in [0.5, 0.6) is 0 Å². The highest BCUT2D eigenvalue weighted by Gasteiger charge is 2.18. The third-order valence-corrected chi connectivity index (χ3v) is 3.82. The molecule has 0 atom stereocenters. The first kappa shape index (κ1) is 17.0. The van der Waals surface area contributed by atoms with E-state index in [2.05, 4.69) is 5.32 Å². The van der Waals surface area contributed by atoms with Crippen molar-refractivity contribution in [3.63, 3.8) is 0 Å². The molecule has 2 rings (SSSR count). The summed E-state index contributed by atoms with van der Waals surface area (Å²) in [7, 11) is 0. The van der Waals surface area contributed by atoms with Gasteiger partial charge in [-0.15, -0.1) is 0 Å². The lowest BCUT2D eigenvalue weighted by Gasteiger charge is -2.22. The summed E-state index contributed by atoms with van der Waals surface area (Å²) in [6.45, 7) is 3.35. The molecule has 1 N–H and O–H groups in total. The van der Waals surface area contributed by atoms with E-state index in [1.165, 1.54) is 11.8 Å². The quantitative estimate of drug-likeness (QED) is 0.904. The van der Waals surface area contributed by atoms with Crippen LogP contribution in [0.4, 0.5) is 11.4 Å². The maximum Gasteiger partial charge on any atom is 0.244 e. The van der Waals surface area contributed by atoms with Crippen molar-refractivity contribution in [3.05, 3.63) is 59.1 Å². The van der Waals surface area contributed by atoms with Crippen molar-refractivity contribution < 1.29 is 9.59 Å². The maximum absolute atomic E-state index is 12.3. The summed E-state index contributed by atoms with van der Waals surface area (Å²) in [5.41, 5.74) is 2.34. The average molecular weight is 331 g/mol. The monoisotopic (exact) mass is 330 g/mol. The standard InChI is InChI=1S/C18H19ClN2O2/c1-3-14-8-4-6-10-16(14)20-18(23)12-21(13(2)22)17-11-7-5-9-15(17)19/h4-11H,3,12H2,1-2H3,(H,20,23). The Morgan fingerprint density at radius 3 is 2.39 bits per heavy atom. The molecule has 0 heterocycles. The number of benzene rings is 2. The van der Waals surface area contributed by atoms with Crippen LogP contribution >= 0.6 is 11.6 Å². The number of carbonyl (C=O) groups is 2. The number of anilines is 2. The predicted molar refractivity (Wildman–Crippen MR) is 93.9 cm³/mol. The first-order valence-corrected chi connectivity index (χ1v) is 7.81. The molecule has 120 valence electrons. The highest BCUT2D eigenvalue weighted by atomic mass is 35.5. The third kappa shape index (κ3) is 4.33. The molecule has 0 spiro atoms. The van der Waals surface area contributed by atoms with E-state index in [0.29, 0.717) is 10.7 Å². The summed E-state index contributed by atoms with van der Waals surface area (Å²) in [5.74, 6) is -0.502. The van der Waals surface area contributed by atoms with Crippen molar-refractivity contribution in [2.24, 2.45) is 0 Å². The second kappa shape index (κ2) is 7.79. The van der Waals surface area contributed by atoms with Gasteiger partial charge in [-0.2, -0.15) is 0 Å². The van der Waals surface area contributed by atoms with E-state index in [9.17, 15) is 9.59 Å². The summed E-state index contributed by atoms with van der Waals surface area (Å²) in [5, 5.41) is 3.29. The van der Waals surface area contributed by atoms with Gasteiger partial charge in [-0.3, -0.25) is 9.59 Å². The van der Waals surface area contributed by atoms with E-state index in [0.717, 1.165) is 17.7 Å². The summed E-state index contributed by atoms with van der Waals surface area (Å²) < 4.78 is 0. The van der Waals surface area contributed by atoms with Gasteiger partial charge >= 0.3 is 0 Å². The zero-order valence-electron chi connectivity index (χ0n) is 13.2. The molecule has 2 amide bonds. The lowest BCUT2D eigenvalue weighted by molar-refractivity contribution is -0.120. The Kier molecular flexibility index (Phi) is 5.77. The van der Waals surface area contributed by atoms with Crippen LogP contribution in [0.1, 0.15) is 19.4 Å². The maximum atomic E-state index is 12.3. The Balaban J connectivity index is 2.16. The number of hydrogen-bond acceptors (Lipinski definition) is 2. The molecule has 0 aromatic heterocycles. The minimum atomic E-state index is -0.263. The molecule has 0 aliphatic heterocycles. The van der Waals surface area contributed by atoms with Crippen molar-refractivity contribution in [2.45, 2.75) is 20.3 Å². The van der Waals surface area contributed by atoms with Crippen molar-refractivity contribution in [1.29, 1.82) is 0 Å². The van der Waals surface area contributed by atoms with Gasteiger partial charge < -0.3 is 10.2 Å². The Morgan fingerprint density at radius 1 is 1.09 bits per heavy atom. The summed E-state index contributed by atoms with van der Waals surface area (Å²) in [6.07, 6.45) is 0.817. The van der Waals surface area contributed by atoms with Crippen molar-refractivity contribution >= 4 is 34.8 Å². The van der Waals surface area contributed by atoms with E-state index in [1.54, 1.807) is 24.3 Å². The number of carbonyl (C=O) groups excluding carboxylic acids is 2. The molecule has 0 bridgehead atoms. The topological polar surface area (TPSA) is 49.4 Å². The molecule has 0 aliphatic carbocycles. The molecule has 23 heavy (non-hydrogen) atoms. The van der Waals surface area contributed by atoms with Gasteiger partial charge in [0.2, 0.25) is 11.8 Å². The first-order valence-electron chi connectivity index (χ1n) is 7.43. The fourth-order valence-corrected chi connectivity index (χ4v) is 2.56. The van der Waals surface area contributed by atoms with Gasteiger partial charge in [-0.05, 0) is 30.2 Å². The lowest BCUT2D eigenvalue weighted by atomic mass is 10.1. The van der Waals surface area contributed by atoms with Crippen LogP contribution in [0, 0.1) is 0 Å². The van der Waals surface area contributed by atoms with Gasteiger partial charge in [0.25, 0.3) is 0 Å². The van der Waals surface area contributed by atoms with E-state index in [4.69, 9.17) is 11.6 Å². The number of halogens is 1. The first-order chi connectivity index (χ1) is 11.0. The van der Waals surface area contributed by atoms with Gasteiger partial charge in [0, 0.05) is 12.6 Å². The van der Waals surface area contributed by atoms with Crippen LogP contribution < -0.4 is 10.2 Å². The second-order valence-electron chi connectivity index (χ2n) is 5.12. The largest absolute Gasteiger partial charge is 0.324 e. The van der Waals surface area contributed by atoms with Crippen LogP contribution in [-0.2, 0) is 16.0 Å². The van der Waals surface area contributed by atoms with Crippen molar-refractivity contribution in [3.8, 4) is 0 Å². The Labute approximate surface area is 141 Å². The van der Waals surface area contributed by atoms with Gasteiger partial charge in [0.1, 0.15) is 6.54 Å². The Hall–Kier alpha value is -2.33. The molecule has 0 saturated carbocycles. The molecule has 0 aliphatic rings. The highest BCUT2D eigenvalue weighted by Crippen LogP contribution is 2.25. The van der Waals surface area contributed by atoms with Crippen LogP contribution in [0.2, 0.25) is 5.02 Å². The number of amides is 2. The molecule has 0 radical (unpaired) electrons. The van der Waals surface area contributed by atoms with Crippen LogP contribution in [0.25, 0.3) is 0 Å². The number of nitrogens with one attached hydrogen (secondary N) is 1. The van der Waals surface area contributed by atoms with Crippen molar-refractivity contribution in [2.75, 3.05) is 16.8 Å².